The van der Waals surface area contributed by atoms with Crippen LogP contribution in [0.25, 0.3) is 11.3 Å². The number of rotatable bonds is 3. The first-order valence-corrected chi connectivity index (χ1v) is 5.98. The van der Waals surface area contributed by atoms with Crippen LogP contribution in [0.3, 0.4) is 0 Å². The highest BCUT2D eigenvalue weighted by Gasteiger charge is 2.03. The van der Waals surface area contributed by atoms with E-state index in [0.29, 0.717) is 0 Å². The fraction of sp³-hybridized carbons (Fsp3) is 0.286. The van der Waals surface area contributed by atoms with Crippen LogP contribution in [0.4, 0.5) is 0 Å². The number of carboxylic acid groups (broad SMARTS) is 1. The predicted octanol–water partition coefficient (Wildman–Crippen LogP) is 3.05. The molecule has 0 fully saturated rings. The van der Waals surface area contributed by atoms with Crippen molar-refractivity contribution in [2.45, 2.75) is 26.8 Å². The summed E-state index contributed by atoms with van der Waals surface area (Å²) in [6.45, 7) is 4.15. The molecule has 2 rings (SSSR count). The van der Waals surface area contributed by atoms with E-state index in [2.05, 4.69) is 18.9 Å². The normalized spacial score (nSPS) is 9.44. The fourth-order valence-electron chi connectivity index (χ4n) is 1.35. The Labute approximate surface area is 107 Å². The summed E-state index contributed by atoms with van der Waals surface area (Å²) in [5, 5.41) is 12.7. The Morgan fingerprint density at radius 2 is 1.83 bits per heavy atom. The Kier molecular flexibility index (Phi) is 5.64. The quantitative estimate of drug-likeness (QED) is 0.905. The molecule has 0 aliphatic carbocycles. The van der Waals surface area contributed by atoms with E-state index in [1.54, 1.807) is 12.3 Å². The van der Waals surface area contributed by atoms with Gasteiger partial charge in [-0.1, -0.05) is 50.6 Å². The molecule has 1 N–H and O–H groups in total. The average Bonchev–Trinajstić information content (AvgIpc) is 2.79. The maximum absolute atomic E-state index is 10.5. The van der Waals surface area contributed by atoms with Crippen molar-refractivity contribution in [3.05, 3.63) is 42.6 Å². The second-order valence-electron chi connectivity index (χ2n) is 3.87. The number of nitrogens with zero attached hydrogens (tertiary/aromatic N) is 2. The van der Waals surface area contributed by atoms with Gasteiger partial charge in [-0.15, -0.1) is 0 Å². The largest absolute Gasteiger partial charge is 0.480 e. The molecule has 2 aromatic rings. The van der Waals surface area contributed by atoms with Crippen molar-refractivity contribution < 1.29 is 9.90 Å². The molecular formula is C14H18N2O2. The molecule has 0 radical (unpaired) electrons. The summed E-state index contributed by atoms with van der Waals surface area (Å²) in [5.74, 6) is -0.891. The summed E-state index contributed by atoms with van der Waals surface area (Å²) < 4.78 is 1.41. The zero-order valence-electron chi connectivity index (χ0n) is 10.7. The minimum atomic E-state index is -0.891. The number of aliphatic carboxylic acids is 1. The van der Waals surface area contributed by atoms with Crippen molar-refractivity contribution in [3.63, 3.8) is 0 Å². The van der Waals surface area contributed by atoms with Gasteiger partial charge in [-0.25, -0.2) is 0 Å². The lowest BCUT2D eigenvalue weighted by molar-refractivity contribution is -0.137. The third-order valence-corrected chi connectivity index (χ3v) is 2.01. The predicted molar refractivity (Wildman–Crippen MR) is 71.3 cm³/mol. The zero-order valence-corrected chi connectivity index (χ0v) is 10.7. The van der Waals surface area contributed by atoms with Gasteiger partial charge in [-0.05, 0) is 6.07 Å². The van der Waals surface area contributed by atoms with Crippen LogP contribution in [-0.4, -0.2) is 20.9 Å². The molecule has 0 bridgehead atoms. The van der Waals surface area contributed by atoms with E-state index in [1.165, 1.54) is 11.1 Å². The van der Waals surface area contributed by atoms with Gasteiger partial charge in [-0.3, -0.25) is 9.48 Å². The molecule has 1 aromatic heterocycles. The molecule has 0 saturated heterocycles. The van der Waals surface area contributed by atoms with E-state index in [4.69, 9.17) is 5.11 Å². The Bertz CT molecular complexity index is 478. The molecule has 96 valence electrons. The number of carboxylic acids is 1. The minimum Gasteiger partial charge on any atom is -0.480 e. The van der Waals surface area contributed by atoms with E-state index in [9.17, 15) is 4.79 Å². The minimum absolute atomic E-state index is 0.104. The smallest absolute Gasteiger partial charge is 0.325 e. The highest BCUT2D eigenvalue weighted by atomic mass is 16.4. The van der Waals surface area contributed by atoms with E-state index in [1.807, 2.05) is 30.3 Å². The molecule has 0 atom stereocenters. The van der Waals surface area contributed by atoms with Gasteiger partial charge in [0.25, 0.3) is 0 Å². The van der Waals surface area contributed by atoms with Crippen LogP contribution in [0.15, 0.2) is 42.6 Å². The second kappa shape index (κ2) is 7.27. The first kappa shape index (κ1) is 14.0. The molecule has 0 unspecified atom stereocenters. The standard InChI is InChI=1S/C11H10N2O2.C3H8/c14-11(15)8-13-7-6-10(12-13)9-4-2-1-3-5-9;1-3-2/h1-7H,8H2,(H,14,15);3H2,1-2H3. The van der Waals surface area contributed by atoms with E-state index < -0.39 is 5.97 Å². The summed E-state index contributed by atoms with van der Waals surface area (Å²) in [4.78, 5) is 10.5. The Morgan fingerprint density at radius 1 is 1.22 bits per heavy atom. The van der Waals surface area contributed by atoms with E-state index in [-0.39, 0.29) is 6.54 Å². The van der Waals surface area contributed by atoms with Gasteiger partial charge in [0.05, 0.1) is 5.69 Å². The number of hydrogen-bond donors (Lipinski definition) is 1. The third kappa shape index (κ3) is 4.41. The summed E-state index contributed by atoms with van der Waals surface area (Å²) in [6, 6.07) is 11.5. The summed E-state index contributed by atoms with van der Waals surface area (Å²) in [6.07, 6.45) is 2.91. The third-order valence-electron chi connectivity index (χ3n) is 2.01. The van der Waals surface area contributed by atoms with Crippen molar-refractivity contribution in [1.82, 2.24) is 9.78 Å². The topological polar surface area (TPSA) is 55.1 Å². The van der Waals surface area contributed by atoms with Crippen LogP contribution in [0, 0.1) is 0 Å². The molecule has 0 saturated carbocycles. The summed E-state index contributed by atoms with van der Waals surface area (Å²) >= 11 is 0. The Morgan fingerprint density at radius 3 is 2.39 bits per heavy atom. The van der Waals surface area contributed by atoms with Crippen LogP contribution < -0.4 is 0 Å². The molecular weight excluding hydrogens is 228 g/mol. The van der Waals surface area contributed by atoms with Crippen molar-refractivity contribution in [3.8, 4) is 11.3 Å². The Hall–Kier alpha value is -2.10. The maximum atomic E-state index is 10.5. The van der Waals surface area contributed by atoms with E-state index >= 15 is 0 Å². The van der Waals surface area contributed by atoms with Gasteiger partial charge in [0.1, 0.15) is 6.54 Å². The van der Waals surface area contributed by atoms with Gasteiger partial charge >= 0.3 is 5.97 Å². The van der Waals surface area contributed by atoms with Gasteiger partial charge in [0.2, 0.25) is 0 Å². The lowest BCUT2D eigenvalue weighted by atomic mass is 10.2. The molecule has 18 heavy (non-hydrogen) atoms. The maximum Gasteiger partial charge on any atom is 0.325 e. The molecule has 0 aliphatic rings. The fourth-order valence-corrected chi connectivity index (χ4v) is 1.35. The van der Waals surface area contributed by atoms with Crippen molar-refractivity contribution in [2.75, 3.05) is 0 Å². The number of carbonyl (C=O) groups is 1. The van der Waals surface area contributed by atoms with Gasteiger partial charge < -0.3 is 5.11 Å². The van der Waals surface area contributed by atoms with Gasteiger partial charge in [0, 0.05) is 11.8 Å². The van der Waals surface area contributed by atoms with Crippen LogP contribution in [0.2, 0.25) is 0 Å². The van der Waals surface area contributed by atoms with E-state index in [0.717, 1.165) is 11.3 Å². The summed E-state index contributed by atoms with van der Waals surface area (Å²) in [7, 11) is 0. The second-order valence-corrected chi connectivity index (χ2v) is 3.87. The molecule has 4 nitrogen and oxygen atoms in total. The van der Waals surface area contributed by atoms with Gasteiger partial charge in [-0.2, -0.15) is 5.10 Å². The highest BCUT2D eigenvalue weighted by Crippen LogP contribution is 2.15. The highest BCUT2D eigenvalue weighted by molar-refractivity contribution is 5.66. The van der Waals surface area contributed by atoms with Crippen LogP contribution >= 0.6 is 0 Å². The van der Waals surface area contributed by atoms with Crippen molar-refractivity contribution in [2.24, 2.45) is 0 Å². The molecule has 1 aromatic carbocycles. The molecule has 1 heterocycles. The lowest BCUT2D eigenvalue weighted by Gasteiger charge is -1.96. The van der Waals surface area contributed by atoms with Crippen LogP contribution in [0.1, 0.15) is 20.3 Å². The molecule has 0 aliphatic heterocycles. The van der Waals surface area contributed by atoms with Crippen LogP contribution in [-0.2, 0) is 11.3 Å². The van der Waals surface area contributed by atoms with Crippen molar-refractivity contribution in [1.29, 1.82) is 0 Å². The SMILES string of the molecule is CCC.O=C(O)Cn1ccc(-c2ccccc2)n1. The average molecular weight is 246 g/mol. The van der Waals surface area contributed by atoms with Gasteiger partial charge in [0.15, 0.2) is 0 Å². The molecule has 0 spiro atoms. The van der Waals surface area contributed by atoms with Crippen molar-refractivity contribution >= 4 is 5.97 Å². The Balaban J connectivity index is 0.000000492. The molecule has 4 heteroatoms. The number of benzene rings is 1. The lowest BCUT2D eigenvalue weighted by Crippen LogP contribution is -2.08. The summed E-state index contributed by atoms with van der Waals surface area (Å²) in [5.41, 5.74) is 1.78. The zero-order chi connectivity index (χ0) is 13.4. The monoisotopic (exact) mass is 246 g/mol. The first-order chi connectivity index (χ1) is 8.67. The molecule has 0 amide bonds. The van der Waals surface area contributed by atoms with Crippen LogP contribution in [0.5, 0.6) is 0 Å². The number of aromatic nitrogens is 2. The first-order valence-electron chi connectivity index (χ1n) is 5.98. The number of hydrogen-bond acceptors (Lipinski definition) is 2.